The van der Waals surface area contributed by atoms with Crippen LogP contribution in [0.1, 0.15) is 19.4 Å². The standard InChI is InChI=1S/C23H26BrN3O7/c1-5-33-19-11-15(10-18(24)21(19)34-13-20(28)32-4)12-25-27-23(30)14(2)22(29)26-16-6-8-17(31-3)9-7-16/h6-12,14H,5,13H2,1-4H3,(H,26,29)(H,27,30). The highest BCUT2D eigenvalue weighted by molar-refractivity contribution is 9.10. The van der Waals surface area contributed by atoms with Crippen molar-refractivity contribution in [2.24, 2.45) is 11.0 Å². The Kier molecular flexibility index (Phi) is 10.3. The van der Waals surface area contributed by atoms with Crippen molar-refractivity contribution in [2.45, 2.75) is 13.8 Å². The quantitative estimate of drug-likeness (QED) is 0.196. The fourth-order valence-electron chi connectivity index (χ4n) is 2.57. The van der Waals surface area contributed by atoms with Crippen LogP contribution in [0.2, 0.25) is 0 Å². The number of carbonyl (C=O) groups is 3. The molecule has 182 valence electrons. The molecule has 0 saturated heterocycles. The first-order chi connectivity index (χ1) is 16.3. The van der Waals surface area contributed by atoms with E-state index in [0.717, 1.165) is 0 Å². The molecule has 0 aromatic heterocycles. The van der Waals surface area contributed by atoms with E-state index in [2.05, 4.69) is 36.5 Å². The summed E-state index contributed by atoms with van der Waals surface area (Å²) in [6, 6.07) is 10.1. The van der Waals surface area contributed by atoms with Gasteiger partial charge in [-0.2, -0.15) is 5.10 Å². The predicted molar refractivity (Wildman–Crippen MR) is 129 cm³/mol. The highest BCUT2D eigenvalue weighted by atomic mass is 79.9. The van der Waals surface area contributed by atoms with E-state index in [1.165, 1.54) is 20.2 Å². The van der Waals surface area contributed by atoms with Crippen LogP contribution in [0, 0.1) is 5.92 Å². The van der Waals surface area contributed by atoms with Gasteiger partial charge in [0.2, 0.25) is 5.91 Å². The maximum Gasteiger partial charge on any atom is 0.343 e. The van der Waals surface area contributed by atoms with Gasteiger partial charge in [-0.15, -0.1) is 0 Å². The van der Waals surface area contributed by atoms with Crippen molar-refractivity contribution in [1.29, 1.82) is 0 Å². The number of ether oxygens (including phenoxy) is 4. The Labute approximate surface area is 205 Å². The molecule has 1 unspecified atom stereocenters. The van der Waals surface area contributed by atoms with Gasteiger partial charge in [-0.05, 0) is 71.7 Å². The number of hydrogen-bond acceptors (Lipinski definition) is 8. The maximum atomic E-state index is 12.3. The minimum atomic E-state index is -0.987. The third-order valence-electron chi connectivity index (χ3n) is 4.43. The van der Waals surface area contributed by atoms with Crippen LogP contribution in [0.5, 0.6) is 17.2 Å². The van der Waals surface area contributed by atoms with E-state index in [-0.39, 0.29) is 6.61 Å². The average Bonchev–Trinajstić information content (AvgIpc) is 2.83. The summed E-state index contributed by atoms with van der Waals surface area (Å²) in [5.74, 6) is -1.22. The van der Waals surface area contributed by atoms with Crippen molar-refractivity contribution in [3.63, 3.8) is 0 Å². The molecule has 0 fully saturated rings. The second-order valence-corrected chi connectivity index (χ2v) is 7.66. The molecule has 2 rings (SSSR count). The largest absolute Gasteiger partial charge is 0.497 e. The predicted octanol–water partition coefficient (Wildman–Crippen LogP) is 3.13. The highest BCUT2D eigenvalue weighted by Gasteiger charge is 2.21. The van der Waals surface area contributed by atoms with Gasteiger partial charge in [0.1, 0.15) is 11.7 Å². The van der Waals surface area contributed by atoms with Crippen LogP contribution in [0.4, 0.5) is 5.69 Å². The molecular formula is C23H26BrN3O7. The molecule has 2 N–H and O–H groups in total. The summed E-state index contributed by atoms with van der Waals surface area (Å²) in [6.45, 7) is 3.35. The van der Waals surface area contributed by atoms with E-state index >= 15 is 0 Å². The number of hydrazone groups is 1. The lowest BCUT2D eigenvalue weighted by Crippen LogP contribution is -2.34. The van der Waals surface area contributed by atoms with Gasteiger partial charge < -0.3 is 24.3 Å². The van der Waals surface area contributed by atoms with Gasteiger partial charge in [-0.3, -0.25) is 9.59 Å². The Hall–Kier alpha value is -3.60. The van der Waals surface area contributed by atoms with E-state index in [1.807, 2.05) is 0 Å². The average molecular weight is 536 g/mol. The van der Waals surface area contributed by atoms with Crippen molar-refractivity contribution in [1.82, 2.24) is 5.43 Å². The number of nitrogens with one attached hydrogen (secondary N) is 2. The molecule has 2 amide bonds. The van der Waals surface area contributed by atoms with Crippen molar-refractivity contribution in [3.05, 3.63) is 46.4 Å². The summed E-state index contributed by atoms with van der Waals surface area (Å²) in [6.07, 6.45) is 1.39. The molecule has 0 aliphatic carbocycles. The number of halogens is 1. The number of rotatable bonds is 11. The smallest absolute Gasteiger partial charge is 0.343 e. The number of benzene rings is 2. The molecule has 11 heteroatoms. The van der Waals surface area contributed by atoms with Gasteiger partial charge in [0, 0.05) is 5.69 Å². The summed E-state index contributed by atoms with van der Waals surface area (Å²) >= 11 is 3.38. The molecule has 0 heterocycles. The first-order valence-corrected chi connectivity index (χ1v) is 11.0. The van der Waals surface area contributed by atoms with Gasteiger partial charge in [0.05, 0.1) is 31.5 Å². The number of methoxy groups -OCH3 is 2. The van der Waals surface area contributed by atoms with Crippen LogP contribution in [0.15, 0.2) is 46.0 Å². The zero-order valence-corrected chi connectivity index (χ0v) is 20.8. The molecule has 0 aliphatic heterocycles. The first kappa shape index (κ1) is 26.7. The van der Waals surface area contributed by atoms with Crippen LogP contribution in [0.3, 0.4) is 0 Å². The molecule has 0 saturated carbocycles. The molecule has 2 aromatic rings. The zero-order chi connectivity index (χ0) is 25.1. The van der Waals surface area contributed by atoms with Crippen LogP contribution in [-0.4, -0.2) is 51.4 Å². The third kappa shape index (κ3) is 7.77. The number of esters is 1. The molecule has 0 aliphatic rings. The fraction of sp³-hybridized carbons (Fsp3) is 0.304. The van der Waals surface area contributed by atoms with Crippen molar-refractivity contribution in [3.8, 4) is 17.2 Å². The Morgan fingerprint density at radius 2 is 1.79 bits per heavy atom. The fourth-order valence-corrected chi connectivity index (χ4v) is 3.14. The minimum Gasteiger partial charge on any atom is -0.497 e. The molecular weight excluding hydrogens is 510 g/mol. The van der Waals surface area contributed by atoms with Crippen LogP contribution < -0.4 is 25.0 Å². The SMILES string of the molecule is CCOc1cc(C=NNC(=O)C(C)C(=O)Nc2ccc(OC)cc2)cc(Br)c1OCC(=O)OC. The maximum absolute atomic E-state index is 12.3. The summed E-state index contributed by atoms with van der Waals surface area (Å²) in [4.78, 5) is 36.0. The lowest BCUT2D eigenvalue weighted by Gasteiger charge is -2.14. The Morgan fingerprint density at radius 1 is 1.09 bits per heavy atom. The Morgan fingerprint density at radius 3 is 2.41 bits per heavy atom. The van der Waals surface area contributed by atoms with Crippen molar-refractivity contribution in [2.75, 3.05) is 32.8 Å². The zero-order valence-electron chi connectivity index (χ0n) is 19.2. The van der Waals surface area contributed by atoms with E-state index in [4.69, 9.17) is 14.2 Å². The molecule has 2 aromatic carbocycles. The number of carbonyl (C=O) groups excluding carboxylic acids is 3. The summed E-state index contributed by atoms with van der Waals surface area (Å²) < 4.78 is 21.2. The van der Waals surface area contributed by atoms with Crippen LogP contribution >= 0.6 is 15.9 Å². The van der Waals surface area contributed by atoms with E-state index in [1.54, 1.807) is 50.4 Å². The second kappa shape index (κ2) is 13.2. The van der Waals surface area contributed by atoms with Gasteiger partial charge >= 0.3 is 5.97 Å². The number of hydrogen-bond donors (Lipinski definition) is 2. The van der Waals surface area contributed by atoms with Crippen molar-refractivity contribution >= 4 is 45.6 Å². The molecule has 10 nitrogen and oxygen atoms in total. The van der Waals surface area contributed by atoms with Gasteiger partial charge in [0.25, 0.3) is 5.91 Å². The third-order valence-corrected chi connectivity index (χ3v) is 5.02. The molecule has 1 atom stereocenters. The number of anilines is 1. The topological polar surface area (TPSA) is 125 Å². The van der Waals surface area contributed by atoms with Crippen molar-refractivity contribution < 1.29 is 33.3 Å². The number of amides is 2. The normalized spacial score (nSPS) is 11.4. The van der Waals surface area contributed by atoms with Crippen LogP contribution in [0.25, 0.3) is 0 Å². The van der Waals surface area contributed by atoms with E-state index < -0.39 is 23.7 Å². The lowest BCUT2D eigenvalue weighted by molar-refractivity contribution is -0.143. The Balaban J connectivity index is 2.01. The van der Waals surface area contributed by atoms with Gasteiger partial charge in [-0.1, -0.05) is 0 Å². The van der Waals surface area contributed by atoms with Gasteiger partial charge in [0.15, 0.2) is 18.1 Å². The summed E-state index contributed by atoms with van der Waals surface area (Å²) in [5.41, 5.74) is 3.47. The molecule has 0 bridgehead atoms. The number of nitrogens with zero attached hydrogens (tertiary/aromatic N) is 1. The summed E-state index contributed by atoms with van der Waals surface area (Å²) in [5, 5.41) is 6.59. The first-order valence-electron chi connectivity index (χ1n) is 10.2. The van der Waals surface area contributed by atoms with Gasteiger partial charge in [-0.25, -0.2) is 10.2 Å². The Bertz CT molecular complexity index is 1040. The molecule has 0 spiro atoms. The monoisotopic (exact) mass is 535 g/mol. The van der Waals surface area contributed by atoms with E-state index in [0.29, 0.717) is 39.6 Å². The molecule has 0 radical (unpaired) electrons. The lowest BCUT2D eigenvalue weighted by atomic mass is 10.1. The van der Waals surface area contributed by atoms with Crippen LogP contribution in [-0.2, 0) is 19.1 Å². The highest BCUT2D eigenvalue weighted by Crippen LogP contribution is 2.36. The molecule has 34 heavy (non-hydrogen) atoms. The minimum absolute atomic E-state index is 0.283. The van der Waals surface area contributed by atoms with E-state index in [9.17, 15) is 14.4 Å². The second-order valence-electron chi connectivity index (χ2n) is 6.80. The summed E-state index contributed by atoms with van der Waals surface area (Å²) in [7, 11) is 2.81.